The van der Waals surface area contributed by atoms with Gasteiger partial charge in [-0.2, -0.15) is 4.98 Å². The summed E-state index contributed by atoms with van der Waals surface area (Å²) in [6, 6.07) is 5.88. The third-order valence-electron chi connectivity index (χ3n) is 2.35. The summed E-state index contributed by atoms with van der Waals surface area (Å²) in [5, 5.41) is 2.02. The Bertz CT molecular complexity index is 518. The van der Waals surface area contributed by atoms with Crippen molar-refractivity contribution in [2.24, 2.45) is 5.73 Å². The molecule has 96 valence electrons. The first-order chi connectivity index (χ1) is 8.48. The lowest BCUT2D eigenvalue weighted by Crippen LogP contribution is -2.35. The van der Waals surface area contributed by atoms with E-state index in [0.29, 0.717) is 18.1 Å². The van der Waals surface area contributed by atoms with Crippen LogP contribution in [0, 0.1) is 0 Å². The second kappa shape index (κ2) is 5.04. The number of nitrogens with two attached hydrogens (primary N) is 1. The number of hydrogen-bond acceptors (Lipinski definition) is 5. The summed E-state index contributed by atoms with van der Waals surface area (Å²) in [7, 11) is 1.61. The van der Waals surface area contributed by atoms with Crippen LogP contribution in [0.2, 0.25) is 0 Å². The van der Waals surface area contributed by atoms with E-state index >= 15 is 0 Å². The van der Waals surface area contributed by atoms with E-state index in [9.17, 15) is 0 Å². The average Bonchev–Trinajstić information content (AvgIpc) is 2.79. The predicted molar refractivity (Wildman–Crippen MR) is 73.9 cm³/mol. The zero-order chi connectivity index (χ0) is 13.2. The van der Waals surface area contributed by atoms with Gasteiger partial charge in [0.25, 0.3) is 0 Å². The Labute approximate surface area is 111 Å². The van der Waals surface area contributed by atoms with E-state index in [1.54, 1.807) is 18.4 Å². The number of nitrogens with zero attached hydrogens (tertiary/aromatic N) is 2. The van der Waals surface area contributed by atoms with E-state index in [0.717, 1.165) is 10.6 Å². The van der Waals surface area contributed by atoms with Gasteiger partial charge in [-0.3, -0.25) is 0 Å². The van der Waals surface area contributed by atoms with Crippen molar-refractivity contribution in [3.63, 3.8) is 0 Å². The molecule has 2 aromatic rings. The van der Waals surface area contributed by atoms with Crippen LogP contribution in [-0.4, -0.2) is 22.6 Å². The van der Waals surface area contributed by atoms with E-state index in [4.69, 9.17) is 10.5 Å². The molecule has 0 aliphatic rings. The number of ether oxygens (including phenoxy) is 1. The minimum absolute atomic E-state index is 0.334. The third kappa shape index (κ3) is 3.27. The quantitative estimate of drug-likeness (QED) is 0.920. The van der Waals surface area contributed by atoms with Crippen molar-refractivity contribution in [2.75, 3.05) is 7.11 Å². The van der Waals surface area contributed by atoms with Crippen LogP contribution in [-0.2, 0) is 6.42 Å². The average molecular weight is 263 g/mol. The van der Waals surface area contributed by atoms with Gasteiger partial charge < -0.3 is 10.5 Å². The van der Waals surface area contributed by atoms with Crippen molar-refractivity contribution in [1.82, 2.24) is 9.97 Å². The Balaban J connectivity index is 2.39. The van der Waals surface area contributed by atoms with E-state index < -0.39 is 0 Å². The van der Waals surface area contributed by atoms with E-state index in [1.807, 2.05) is 37.4 Å². The molecule has 0 saturated carbocycles. The minimum atomic E-state index is -0.334. The Morgan fingerprint density at radius 1 is 1.39 bits per heavy atom. The second-order valence-electron chi connectivity index (χ2n) is 4.85. The van der Waals surface area contributed by atoms with Crippen LogP contribution in [0.1, 0.15) is 19.7 Å². The molecule has 0 unspecified atom stereocenters. The number of aromatic nitrogens is 2. The summed E-state index contributed by atoms with van der Waals surface area (Å²) in [4.78, 5) is 9.99. The van der Waals surface area contributed by atoms with Gasteiger partial charge >= 0.3 is 0 Å². The van der Waals surface area contributed by atoms with Gasteiger partial charge in [-0.15, -0.1) is 11.3 Å². The first-order valence-corrected chi connectivity index (χ1v) is 6.60. The summed E-state index contributed by atoms with van der Waals surface area (Å²) < 4.78 is 5.22. The molecule has 0 atom stereocenters. The summed E-state index contributed by atoms with van der Waals surface area (Å²) in [6.45, 7) is 3.92. The molecule has 18 heavy (non-hydrogen) atoms. The normalized spacial score (nSPS) is 11.6. The molecular formula is C13H17N3OS. The predicted octanol–water partition coefficient (Wildman–Crippen LogP) is 2.49. The lowest BCUT2D eigenvalue weighted by atomic mass is 10.0. The number of methoxy groups -OCH3 is 1. The Kier molecular flexibility index (Phi) is 3.63. The molecule has 2 rings (SSSR count). The number of rotatable bonds is 4. The van der Waals surface area contributed by atoms with Crippen LogP contribution in [0.4, 0.5) is 0 Å². The van der Waals surface area contributed by atoms with Gasteiger partial charge in [-0.25, -0.2) is 4.98 Å². The standard InChI is InChI=1S/C13H17N3OS/c1-13(2,14)8-11-15-9(7-12(16-11)17-3)10-5-4-6-18-10/h4-7H,8,14H2,1-3H3. The van der Waals surface area contributed by atoms with Gasteiger partial charge in [0.05, 0.1) is 17.7 Å². The van der Waals surface area contributed by atoms with Gasteiger partial charge in [0.2, 0.25) is 5.88 Å². The Morgan fingerprint density at radius 3 is 2.72 bits per heavy atom. The fraction of sp³-hybridized carbons (Fsp3) is 0.385. The van der Waals surface area contributed by atoms with Crippen LogP contribution < -0.4 is 10.5 Å². The van der Waals surface area contributed by atoms with Gasteiger partial charge in [0.15, 0.2) is 0 Å². The molecular weight excluding hydrogens is 246 g/mol. The highest BCUT2D eigenvalue weighted by atomic mass is 32.1. The lowest BCUT2D eigenvalue weighted by Gasteiger charge is -2.17. The maximum atomic E-state index is 6.01. The smallest absolute Gasteiger partial charge is 0.216 e. The molecule has 0 spiro atoms. The summed E-state index contributed by atoms with van der Waals surface area (Å²) in [5.41, 5.74) is 6.56. The molecule has 0 amide bonds. The fourth-order valence-corrected chi connectivity index (χ4v) is 2.30. The Morgan fingerprint density at radius 2 is 2.17 bits per heavy atom. The largest absolute Gasteiger partial charge is 0.481 e. The van der Waals surface area contributed by atoms with E-state index in [2.05, 4.69) is 9.97 Å². The summed E-state index contributed by atoms with van der Waals surface area (Å²) in [6.07, 6.45) is 0.614. The molecule has 0 bridgehead atoms. The molecule has 0 fully saturated rings. The van der Waals surface area contributed by atoms with Gasteiger partial charge in [-0.1, -0.05) is 6.07 Å². The van der Waals surface area contributed by atoms with Crippen molar-refractivity contribution in [2.45, 2.75) is 25.8 Å². The lowest BCUT2D eigenvalue weighted by molar-refractivity contribution is 0.392. The minimum Gasteiger partial charge on any atom is -0.481 e. The second-order valence-corrected chi connectivity index (χ2v) is 5.80. The molecule has 4 nitrogen and oxygen atoms in total. The molecule has 2 aromatic heterocycles. The molecule has 2 heterocycles. The van der Waals surface area contributed by atoms with Crippen molar-refractivity contribution in [3.8, 4) is 16.5 Å². The summed E-state index contributed by atoms with van der Waals surface area (Å²) in [5.74, 6) is 1.29. The monoisotopic (exact) mass is 263 g/mol. The molecule has 0 aliphatic carbocycles. The zero-order valence-corrected chi connectivity index (χ0v) is 11.6. The zero-order valence-electron chi connectivity index (χ0n) is 10.8. The maximum Gasteiger partial charge on any atom is 0.216 e. The molecule has 0 saturated heterocycles. The molecule has 0 aliphatic heterocycles. The third-order valence-corrected chi connectivity index (χ3v) is 3.24. The van der Waals surface area contributed by atoms with Crippen LogP contribution in [0.5, 0.6) is 5.88 Å². The number of hydrogen-bond donors (Lipinski definition) is 1. The van der Waals surface area contributed by atoms with Crippen LogP contribution in [0.15, 0.2) is 23.6 Å². The fourth-order valence-electron chi connectivity index (χ4n) is 1.61. The first-order valence-electron chi connectivity index (χ1n) is 5.73. The van der Waals surface area contributed by atoms with E-state index in [1.165, 1.54) is 0 Å². The SMILES string of the molecule is COc1cc(-c2cccs2)nc(CC(C)(C)N)n1. The number of thiophene rings is 1. The highest BCUT2D eigenvalue weighted by molar-refractivity contribution is 7.13. The first kappa shape index (κ1) is 13.0. The molecule has 0 radical (unpaired) electrons. The molecule has 0 aromatic carbocycles. The van der Waals surface area contributed by atoms with Crippen molar-refractivity contribution in [1.29, 1.82) is 0 Å². The summed E-state index contributed by atoms with van der Waals surface area (Å²) >= 11 is 1.64. The van der Waals surface area contributed by atoms with Gasteiger partial charge in [0, 0.05) is 18.0 Å². The molecule has 5 heteroatoms. The topological polar surface area (TPSA) is 61.0 Å². The maximum absolute atomic E-state index is 6.01. The van der Waals surface area contributed by atoms with Crippen LogP contribution in [0.3, 0.4) is 0 Å². The van der Waals surface area contributed by atoms with E-state index in [-0.39, 0.29) is 5.54 Å². The highest BCUT2D eigenvalue weighted by Crippen LogP contribution is 2.25. The van der Waals surface area contributed by atoms with Crippen LogP contribution >= 0.6 is 11.3 Å². The van der Waals surface area contributed by atoms with Crippen molar-refractivity contribution >= 4 is 11.3 Å². The van der Waals surface area contributed by atoms with Gasteiger partial charge in [-0.05, 0) is 25.3 Å². The van der Waals surface area contributed by atoms with Crippen molar-refractivity contribution < 1.29 is 4.74 Å². The van der Waals surface area contributed by atoms with Gasteiger partial charge in [0.1, 0.15) is 5.82 Å². The van der Waals surface area contributed by atoms with Crippen LogP contribution in [0.25, 0.3) is 10.6 Å². The highest BCUT2D eigenvalue weighted by Gasteiger charge is 2.16. The van der Waals surface area contributed by atoms with Crippen molar-refractivity contribution in [3.05, 3.63) is 29.4 Å². The Hall–Kier alpha value is -1.46. The molecule has 2 N–H and O–H groups in total.